The Bertz CT molecular complexity index is 747. The third-order valence-electron chi connectivity index (χ3n) is 4.55. The largest absolute Gasteiger partial charge is 0.478 e. The Balaban J connectivity index is 0.000000512. The molecule has 0 radical (unpaired) electrons. The summed E-state index contributed by atoms with van der Waals surface area (Å²) in [6.45, 7) is 7.48. The Morgan fingerprint density at radius 3 is 2.19 bits per heavy atom. The Kier molecular flexibility index (Phi) is 11.0. The van der Waals surface area contributed by atoms with E-state index in [9.17, 15) is 22.8 Å². The van der Waals surface area contributed by atoms with Crippen LogP contribution in [0.1, 0.15) is 37.8 Å². The molecule has 31 heavy (non-hydrogen) atoms. The fourth-order valence-corrected chi connectivity index (χ4v) is 3.56. The fourth-order valence-electron chi connectivity index (χ4n) is 3.27. The zero-order valence-corrected chi connectivity index (χ0v) is 18.2. The van der Waals surface area contributed by atoms with E-state index in [1.165, 1.54) is 6.07 Å². The van der Waals surface area contributed by atoms with Crippen molar-refractivity contribution in [1.82, 2.24) is 10.2 Å². The monoisotopic (exact) mass is 464 g/mol. The Hall–Kier alpha value is -2.10. The molecular weight excluding hydrogens is 437 g/mol. The van der Waals surface area contributed by atoms with E-state index in [1.54, 1.807) is 6.07 Å². The summed E-state index contributed by atoms with van der Waals surface area (Å²) in [7, 11) is 0. The second kappa shape index (κ2) is 12.7. The average Bonchev–Trinajstić information content (AvgIpc) is 2.67. The van der Waals surface area contributed by atoms with Gasteiger partial charge in [0.15, 0.2) is 0 Å². The zero-order chi connectivity index (χ0) is 23.6. The first-order valence-electron chi connectivity index (χ1n) is 9.85. The normalized spacial score (nSPS) is 15.2. The molecule has 1 aromatic rings. The lowest BCUT2D eigenvalue weighted by Gasteiger charge is -2.36. The van der Waals surface area contributed by atoms with Crippen LogP contribution in [0.25, 0.3) is 0 Å². The predicted octanol–water partition coefficient (Wildman–Crippen LogP) is 4.28. The summed E-state index contributed by atoms with van der Waals surface area (Å²) < 4.78 is 39.1. The number of nitrogens with zero attached hydrogens (tertiary/aromatic N) is 1. The van der Waals surface area contributed by atoms with Crippen LogP contribution in [-0.4, -0.2) is 52.7 Å². The molecule has 1 heterocycles. The van der Waals surface area contributed by atoms with E-state index in [2.05, 4.69) is 24.1 Å². The quantitative estimate of drug-likeness (QED) is 0.522. The maximum Gasteiger partial charge on any atom is 0.417 e. The van der Waals surface area contributed by atoms with Gasteiger partial charge < -0.3 is 15.5 Å². The van der Waals surface area contributed by atoms with E-state index in [4.69, 9.17) is 21.8 Å². The van der Waals surface area contributed by atoms with Gasteiger partial charge in [-0.2, -0.15) is 13.2 Å². The summed E-state index contributed by atoms with van der Waals surface area (Å²) in [6.07, 6.45) is -1.26. The summed E-state index contributed by atoms with van der Waals surface area (Å²) in [5.41, 5.74) is -0.188. The number of piperidine rings is 1. The standard InChI is InChI=1S/C17H24ClF3N2.C4H4O4/c1-12(2)10-23(14-6-8-22-9-7-14)11-13-4-3-5-15(16(13)18)17(19,20)21;5-3(6)1-2-4(7)8/h3-5,12,14,22H,6-11H2,1-2H3;1-2H,(H,5,6)(H,7,8)/b;2-1+. The Morgan fingerprint density at radius 1 is 1.19 bits per heavy atom. The van der Waals surface area contributed by atoms with E-state index in [0.29, 0.717) is 36.2 Å². The van der Waals surface area contributed by atoms with Gasteiger partial charge in [-0.25, -0.2) is 9.59 Å². The van der Waals surface area contributed by atoms with Crippen LogP contribution < -0.4 is 5.32 Å². The van der Waals surface area contributed by atoms with Gasteiger partial charge in [-0.3, -0.25) is 4.90 Å². The molecule has 6 nitrogen and oxygen atoms in total. The molecule has 1 aliphatic heterocycles. The molecule has 0 aliphatic carbocycles. The van der Waals surface area contributed by atoms with Crippen molar-refractivity contribution in [3.8, 4) is 0 Å². The lowest BCUT2D eigenvalue weighted by Crippen LogP contribution is -2.44. The van der Waals surface area contributed by atoms with Crippen molar-refractivity contribution in [3.63, 3.8) is 0 Å². The number of aliphatic carboxylic acids is 2. The molecule has 0 atom stereocenters. The van der Waals surface area contributed by atoms with Gasteiger partial charge in [0.05, 0.1) is 10.6 Å². The lowest BCUT2D eigenvalue weighted by atomic mass is 10.0. The SMILES string of the molecule is CC(C)CN(Cc1cccc(C(F)(F)F)c1Cl)C1CCNCC1.O=C(O)/C=C/C(=O)O. The number of halogens is 4. The number of carbonyl (C=O) groups is 2. The lowest BCUT2D eigenvalue weighted by molar-refractivity contribution is -0.137. The van der Waals surface area contributed by atoms with E-state index in [0.717, 1.165) is 38.5 Å². The highest BCUT2D eigenvalue weighted by Gasteiger charge is 2.34. The number of carboxylic acid groups (broad SMARTS) is 2. The van der Waals surface area contributed by atoms with Crippen LogP contribution in [0.15, 0.2) is 30.4 Å². The number of alkyl halides is 3. The number of carboxylic acids is 2. The van der Waals surface area contributed by atoms with Crippen LogP contribution in [0.5, 0.6) is 0 Å². The van der Waals surface area contributed by atoms with Gasteiger partial charge in [-0.1, -0.05) is 37.6 Å². The molecule has 1 saturated heterocycles. The second-order valence-corrected chi connectivity index (χ2v) is 7.97. The first-order chi connectivity index (χ1) is 14.4. The first kappa shape index (κ1) is 26.9. The maximum atomic E-state index is 13.0. The van der Waals surface area contributed by atoms with E-state index >= 15 is 0 Å². The molecule has 0 bridgehead atoms. The van der Waals surface area contributed by atoms with Crippen molar-refractivity contribution in [2.45, 2.75) is 45.5 Å². The Labute approximate surface area is 184 Å². The van der Waals surface area contributed by atoms with Crippen LogP contribution in [0.4, 0.5) is 13.2 Å². The van der Waals surface area contributed by atoms with Crippen LogP contribution in [0, 0.1) is 5.92 Å². The van der Waals surface area contributed by atoms with Crippen molar-refractivity contribution < 1.29 is 33.0 Å². The van der Waals surface area contributed by atoms with Crippen LogP contribution in [-0.2, 0) is 22.3 Å². The van der Waals surface area contributed by atoms with Gasteiger partial charge in [0.2, 0.25) is 0 Å². The molecule has 3 N–H and O–H groups in total. The predicted molar refractivity (Wildman–Crippen MR) is 112 cm³/mol. The number of benzene rings is 1. The molecule has 0 amide bonds. The summed E-state index contributed by atoms with van der Waals surface area (Å²) in [4.78, 5) is 21.4. The van der Waals surface area contributed by atoms with Crippen LogP contribution in [0.2, 0.25) is 5.02 Å². The molecule has 1 aromatic carbocycles. The van der Waals surface area contributed by atoms with E-state index < -0.39 is 23.7 Å². The molecule has 0 spiro atoms. The minimum absolute atomic E-state index is 0.164. The maximum absolute atomic E-state index is 13.0. The second-order valence-electron chi connectivity index (χ2n) is 7.59. The van der Waals surface area contributed by atoms with Crippen molar-refractivity contribution >= 4 is 23.5 Å². The highest BCUT2D eigenvalue weighted by Crippen LogP contribution is 2.36. The molecule has 1 aliphatic rings. The highest BCUT2D eigenvalue weighted by molar-refractivity contribution is 6.32. The van der Waals surface area contributed by atoms with Gasteiger partial charge in [-0.05, 0) is 43.5 Å². The molecular formula is C21H28ClF3N2O4. The van der Waals surface area contributed by atoms with Crippen LogP contribution >= 0.6 is 11.6 Å². The summed E-state index contributed by atoms with van der Waals surface area (Å²) >= 11 is 6.05. The third-order valence-corrected chi connectivity index (χ3v) is 5.00. The molecule has 0 unspecified atom stereocenters. The minimum atomic E-state index is -4.41. The van der Waals surface area contributed by atoms with E-state index in [-0.39, 0.29) is 5.02 Å². The van der Waals surface area contributed by atoms with E-state index in [1.807, 2.05) is 0 Å². The number of hydrogen-bond acceptors (Lipinski definition) is 4. The topological polar surface area (TPSA) is 89.9 Å². The molecule has 10 heteroatoms. The molecule has 2 rings (SSSR count). The van der Waals surface area contributed by atoms with Gasteiger partial charge >= 0.3 is 18.1 Å². The first-order valence-corrected chi connectivity index (χ1v) is 10.2. The fraction of sp³-hybridized carbons (Fsp3) is 0.524. The molecule has 0 aromatic heterocycles. The average molecular weight is 465 g/mol. The Morgan fingerprint density at radius 2 is 1.74 bits per heavy atom. The highest BCUT2D eigenvalue weighted by atomic mass is 35.5. The molecule has 1 fully saturated rings. The summed E-state index contributed by atoms with van der Waals surface area (Å²) in [6, 6.07) is 4.58. The smallest absolute Gasteiger partial charge is 0.417 e. The van der Waals surface area contributed by atoms with Gasteiger partial charge in [0, 0.05) is 31.3 Å². The van der Waals surface area contributed by atoms with Crippen molar-refractivity contribution in [2.24, 2.45) is 5.92 Å². The minimum Gasteiger partial charge on any atom is -0.478 e. The van der Waals surface area contributed by atoms with Crippen molar-refractivity contribution in [2.75, 3.05) is 19.6 Å². The van der Waals surface area contributed by atoms with Gasteiger partial charge in [0.1, 0.15) is 0 Å². The number of rotatable bonds is 7. The number of nitrogens with one attached hydrogen (secondary N) is 1. The summed E-state index contributed by atoms with van der Waals surface area (Å²) in [5, 5.41) is 18.8. The van der Waals surface area contributed by atoms with Gasteiger partial charge in [-0.15, -0.1) is 0 Å². The summed E-state index contributed by atoms with van der Waals surface area (Å²) in [5.74, 6) is -2.06. The van der Waals surface area contributed by atoms with Gasteiger partial charge in [0.25, 0.3) is 0 Å². The van der Waals surface area contributed by atoms with Crippen LogP contribution in [0.3, 0.4) is 0 Å². The zero-order valence-electron chi connectivity index (χ0n) is 17.5. The van der Waals surface area contributed by atoms with Crippen molar-refractivity contribution in [3.05, 3.63) is 46.5 Å². The third kappa shape index (κ3) is 10.2. The molecule has 0 saturated carbocycles. The van der Waals surface area contributed by atoms with Crippen molar-refractivity contribution in [1.29, 1.82) is 0 Å². The number of hydrogen-bond donors (Lipinski definition) is 3. The molecule has 174 valence electrons.